The Kier molecular flexibility index (Phi) is 6.55. The molecule has 8 heteroatoms. The second-order valence-electron chi connectivity index (χ2n) is 6.93. The zero-order chi connectivity index (χ0) is 19.6. The molecule has 0 spiro atoms. The van der Waals surface area contributed by atoms with Crippen LogP contribution in [0.5, 0.6) is 11.5 Å². The van der Waals surface area contributed by atoms with Crippen LogP contribution in [-0.4, -0.2) is 25.8 Å². The average Bonchev–Trinajstić information content (AvgIpc) is 2.41. The van der Waals surface area contributed by atoms with E-state index in [-0.39, 0.29) is 22.4 Å². The minimum Gasteiger partial charge on any atom is -0.543 e. The van der Waals surface area contributed by atoms with Crippen LogP contribution in [0.3, 0.4) is 0 Å². The Hall–Kier alpha value is -1.70. The highest BCUT2D eigenvalue weighted by Gasteiger charge is 2.47. The summed E-state index contributed by atoms with van der Waals surface area (Å²) in [6.07, 6.45) is -4.98. The summed E-state index contributed by atoms with van der Waals surface area (Å²) < 4.78 is 47.9. The molecule has 1 aromatic carbocycles. The number of rotatable bonds is 7. The maximum Gasteiger partial charge on any atom is 0.573 e. The van der Waals surface area contributed by atoms with Crippen molar-refractivity contribution >= 4 is 14.3 Å². The van der Waals surface area contributed by atoms with Crippen LogP contribution >= 0.6 is 0 Å². The van der Waals surface area contributed by atoms with Gasteiger partial charge in [-0.15, -0.1) is 13.2 Å². The van der Waals surface area contributed by atoms with Crippen molar-refractivity contribution in [2.75, 3.05) is 0 Å². The predicted octanol–water partition coefficient (Wildman–Crippen LogP) is 5.84. The second-order valence-corrected chi connectivity index (χ2v) is 12.3. The quantitative estimate of drug-likeness (QED) is 0.606. The molecule has 0 radical (unpaired) electrons. The first-order chi connectivity index (χ1) is 11.3. The van der Waals surface area contributed by atoms with Crippen LogP contribution in [0.15, 0.2) is 18.2 Å². The van der Waals surface area contributed by atoms with Crippen molar-refractivity contribution in [2.45, 2.75) is 64.5 Å². The van der Waals surface area contributed by atoms with E-state index < -0.39 is 32.0 Å². The van der Waals surface area contributed by atoms with Gasteiger partial charge in [0.15, 0.2) is 0 Å². The molecule has 4 nitrogen and oxygen atoms in total. The summed E-state index contributed by atoms with van der Waals surface area (Å²) in [4.78, 5) is 11.1. The Balaban J connectivity index is 3.38. The molecule has 142 valence electrons. The molecule has 0 atom stereocenters. The van der Waals surface area contributed by atoms with Crippen LogP contribution in [-0.2, 0) is 0 Å². The van der Waals surface area contributed by atoms with Crippen molar-refractivity contribution in [1.82, 2.24) is 0 Å². The zero-order valence-corrected chi connectivity index (χ0v) is 16.3. The Morgan fingerprint density at radius 3 is 1.88 bits per heavy atom. The number of benzene rings is 1. The van der Waals surface area contributed by atoms with E-state index in [0.717, 1.165) is 12.1 Å². The van der Waals surface area contributed by atoms with Crippen LogP contribution < -0.4 is 9.16 Å². The average molecular weight is 378 g/mol. The van der Waals surface area contributed by atoms with E-state index in [1.807, 2.05) is 41.5 Å². The van der Waals surface area contributed by atoms with Crippen LogP contribution in [0.4, 0.5) is 13.2 Å². The number of carbonyl (C=O) groups is 1. The fraction of sp³-hybridized carbons (Fsp3) is 0.588. The first-order valence-electron chi connectivity index (χ1n) is 8.13. The summed E-state index contributed by atoms with van der Waals surface area (Å²) in [5.74, 6) is -2.06. The molecule has 0 aliphatic carbocycles. The monoisotopic (exact) mass is 378 g/mol. The Morgan fingerprint density at radius 2 is 1.52 bits per heavy atom. The zero-order valence-electron chi connectivity index (χ0n) is 15.3. The van der Waals surface area contributed by atoms with E-state index >= 15 is 0 Å². The van der Waals surface area contributed by atoms with Crippen molar-refractivity contribution in [2.24, 2.45) is 0 Å². The van der Waals surface area contributed by atoms with E-state index in [4.69, 9.17) is 9.53 Å². The Bertz CT molecular complexity index is 591. The van der Waals surface area contributed by atoms with Gasteiger partial charge >= 0.3 is 12.3 Å². The van der Waals surface area contributed by atoms with Crippen LogP contribution in [0.25, 0.3) is 0 Å². The molecule has 0 aromatic heterocycles. The van der Waals surface area contributed by atoms with Crippen molar-refractivity contribution in [3.8, 4) is 11.5 Å². The molecule has 0 fully saturated rings. The Labute approximate surface area is 147 Å². The smallest absolute Gasteiger partial charge is 0.543 e. The molecule has 0 aliphatic rings. The summed E-state index contributed by atoms with van der Waals surface area (Å²) in [5, 5.41) is 9.07. The van der Waals surface area contributed by atoms with Crippen molar-refractivity contribution in [1.29, 1.82) is 0 Å². The molecule has 0 aliphatic heterocycles. The van der Waals surface area contributed by atoms with Crippen LogP contribution in [0.1, 0.15) is 51.9 Å². The maximum atomic E-state index is 12.6. The summed E-state index contributed by atoms with van der Waals surface area (Å²) in [7, 11) is -2.38. The minimum atomic E-state index is -4.98. The SMILES string of the molecule is CC(C)[Si](Oc1ccc(C(=O)O)c(OC(F)(F)F)c1)(C(C)C)C(C)C. The van der Waals surface area contributed by atoms with Crippen molar-refractivity contribution in [3.05, 3.63) is 23.8 Å². The number of carboxylic acids is 1. The van der Waals surface area contributed by atoms with Gasteiger partial charge in [0.2, 0.25) is 0 Å². The van der Waals surface area contributed by atoms with Crippen molar-refractivity contribution < 1.29 is 32.2 Å². The predicted molar refractivity (Wildman–Crippen MR) is 91.8 cm³/mol. The second kappa shape index (κ2) is 7.68. The largest absolute Gasteiger partial charge is 0.573 e. The molecular formula is C17H25F3O4Si. The molecular weight excluding hydrogens is 353 g/mol. The van der Waals surface area contributed by atoms with E-state index in [0.29, 0.717) is 0 Å². The van der Waals surface area contributed by atoms with Crippen molar-refractivity contribution in [3.63, 3.8) is 0 Å². The van der Waals surface area contributed by atoms with Crippen LogP contribution in [0.2, 0.25) is 16.6 Å². The standard InChI is InChI=1S/C17H25F3O4Si/c1-10(2)25(11(3)4,12(5)6)24-13-7-8-14(16(21)22)15(9-13)23-17(18,19)20/h7-12H,1-6H3,(H,21,22). The molecule has 1 aromatic rings. The number of hydrogen-bond acceptors (Lipinski definition) is 3. The van der Waals surface area contributed by atoms with Gasteiger partial charge in [0.05, 0.1) is 0 Å². The molecule has 0 saturated carbocycles. The highest BCUT2D eigenvalue weighted by molar-refractivity contribution is 6.78. The van der Waals surface area contributed by atoms with E-state index in [2.05, 4.69) is 4.74 Å². The summed E-state index contributed by atoms with van der Waals surface area (Å²) >= 11 is 0. The highest BCUT2D eigenvalue weighted by Crippen LogP contribution is 2.43. The van der Waals surface area contributed by atoms with Gasteiger partial charge in [-0.25, -0.2) is 4.79 Å². The van der Waals surface area contributed by atoms with Gasteiger partial charge in [0.25, 0.3) is 8.32 Å². The van der Waals surface area contributed by atoms with Gasteiger partial charge in [-0.3, -0.25) is 0 Å². The first kappa shape index (κ1) is 21.3. The topological polar surface area (TPSA) is 55.8 Å². The lowest BCUT2D eigenvalue weighted by molar-refractivity contribution is -0.274. The van der Waals surface area contributed by atoms with Gasteiger partial charge < -0.3 is 14.3 Å². The third-order valence-corrected chi connectivity index (χ3v) is 10.4. The Morgan fingerprint density at radius 1 is 1.04 bits per heavy atom. The van der Waals surface area contributed by atoms with E-state index in [9.17, 15) is 18.0 Å². The highest BCUT2D eigenvalue weighted by atomic mass is 28.4. The molecule has 0 heterocycles. The summed E-state index contributed by atoms with van der Waals surface area (Å²) in [6, 6.07) is 3.49. The number of hydrogen-bond donors (Lipinski definition) is 1. The van der Waals surface area contributed by atoms with E-state index in [1.54, 1.807) is 0 Å². The maximum absolute atomic E-state index is 12.6. The molecule has 1 rings (SSSR count). The summed E-state index contributed by atoms with van der Waals surface area (Å²) in [5.41, 5.74) is 0.103. The number of halogens is 3. The number of aromatic carboxylic acids is 1. The van der Waals surface area contributed by atoms with E-state index in [1.165, 1.54) is 6.07 Å². The van der Waals surface area contributed by atoms with Gasteiger partial charge in [0.1, 0.15) is 17.1 Å². The normalized spacial score (nSPS) is 12.8. The molecule has 25 heavy (non-hydrogen) atoms. The van der Waals surface area contributed by atoms with Crippen LogP contribution in [0, 0.1) is 0 Å². The fourth-order valence-electron chi connectivity index (χ4n) is 3.51. The van der Waals surface area contributed by atoms with Gasteiger partial charge in [0, 0.05) is 6.07 Å². The third-order valence-electron chi connectivity index (χ3n) is 4.41. The summed E-state index contributed by atoms with van der Waals surface area (Å²) in [6.45, 7) is 12.3. The molecule has 0 amide bonds. The molecule has 0 unspecified atom stereocenters. The van der Waals surface area contributed by atoms with Gasteiger partial charge in [-0.1, -0.05) is 41.5 Å². The minimum absolute atomic E-state index is 0.201. The lowest BCUT2D eigenvalue weighted by atomic mass is 10.2. The molecule has 0 bridgehead atoms. The molecule has 0 saturated heterocycles. The molecule has 1 N–H and O–H groups in total. The third kappa shape index (κ3) is 4.90. The first-order valence-corrected chi connectivity index (χ1v) is 10.3. The fourth-order valence-corrected chi connectivity index (χ4v) is 8.75. The lowest BCUT2D eigenvalue weighted by Gasteiger charge is -2.42. The van der Waals surface area contributed by atoms with Gasteiger partial charge in [-0.05, 0) is 28.8 Å². The number of ether oxygens (including phenoxy) is 1. The number of alkyl halides is 3. The lowest BCUT2D eigenvalue weighted by Crippen LogP contribution is -2.50. The number of carboxylic acid groups (broad SMARTS) is 1. The van der Waals surface area contributed by atoms with Gasteiger partial charge in [-0.2, -0.15) is 0 Å².